The van der Waals surface area contributed by atoms with Crippen molar-refractivity contribution >= 4 is 32.5 Å². The van der Waals surface area contributed by atoms with E-state index in [4.69, 9.17) is 10.00 Å². The molecule has 0 spiro atoms. The quantitative estimate of drug-likeness (QED) is 0.571. The third kappa shape index (κ3) is 2.37. The Hall–Kier alpha value is -2.88. The molecular formula is C20H17N3O2S. The number of benzene rings is 2. The fourth-order valence-electron chi connectivity index (χ4n) is 3.35. The molecule has 0 bridgehead atoms. The molecule has 6 heteroatoms. The van der Waals surface area contributed by atoms with Gasteiger partial charge in [0.05, 0.1) is 29.0 Å². The highest BCUT2D eigenvalue weighted by Crippen LogP contribution is 2.43. The number of nitrogens with one attached hydrogen (secondary N) is 1. The van der Waals surface area contributed by atoms with Gasteiger partial charge in [0, 0.05) is 22.7 Å². The summed E-state index contributed by atoms with van der Waals surface area (Å²) in [4.78, 5) is 7.84. The molecule has 5 nitrogen and oxygen atoms in total. The van der Waals surface area contributed by atoms with Crippen molar-refractivity contribution in [3.05, 3.63) is 58.2 Å². The maximum absolute atomic E-state index is 11.5. The third-order valence-electron chi connectivity index (χ3n) is 4.65. The Morgan fingerprint density at radius 3 is 2.85 bits per heavy atom. The van der Waals surface area contributed by atoms with Crippen molar-refractivity contribution < 1.29 is 9.84 Å². The van der Waals surface area contributed by atoms with Crippen LogP contribution in [-0.4, -0.2) is 22.2 Å². The molecule has 0 radical (unpaired) electrons. The number of aromatic nitrogens is 2. The summed E-state index contributed by atoms with van der Waals surface area (Å²) in [6, 6.07) is 11.3. The Balaban J connectivity index is 1.97. The normalized spacial score (nSPS) is 13.7. The predicted octanol–water partition coefficient (Wildman–Crippen LogP) is 4.22. The van der Waals surface area contributed by atoms with Crippen molar-refractivity contribution in [2.24, 2.45) is 0 Å². The number of aryl methyl sites for hydroxylation is 1. The summed E-state index contributed by atoms with van der Waals surface area (Å²) in [7, 11) is 1.60. The van der Waals surface area contributed by atoms with Gasteiger partial charge in [0.2, 0.25) is 0 Å². The largest absolute Gasteiger partial charge is 0.496 e. The van der Waals surface area contributed by atoms with E-state index in [1.165, 1.54) is 11.3 Å². The molecule has 2 heterocycles. The lowest BCUT2D eigenvalue weighted by molar-refractivity contribution is 0.101. The van der Waals surface area contributed by atoms with Crippen molar-refractivity contribution in [2.45, 2.75) is 19.4 Å². The van der Waals surface area contributed by atoms with Gasteiger partial charge in [-0.1, -0.05) is 0 Å². The molecule has 1 unspecified atom stereocenters. The topological polar surface area (TPSA) is 81.9 Å². The van der Waals surface area contributed by atoms with Crippen LogP contribution in [0.1, 0.15) is 28.6 Å². The van der Waals surface area contributed by atoms with Crippen LogP contribution in [0, 0.1) is 18.3 Å². The Morgan fingerprint density at radius 2 is 2.12 bits per heavy atom. The molecule has 0 amide bonds. The van der Waals surface area contributed by atoms with Gasteiger partial charge in [-0.3, -0.25) is 0 Å². The van der Waals surface area contributed by atoms with E-state index in [9.17, 15) is 5.11 Å². The highest BCUT2D eigenvalue weighted by Gasteiger charge is 2.35. The second kappa shape index (κ2) is 5.84. The zero-order valence-electron chi connectivity index (χ0n) is 14.6. The summed E-state index contributed by atoms with van der Waals surface area (Å²) in [5.74, 6) is 0.622. The summed E-state index contributed by atoms with van der Waals surface area (Å²) in [5.41, 5.74) is 2.70. The van der Waals surface area contributed by atoms with Gasteiger partial charge in [0.1, 0.15) is 16.4 Å². The number of nitriles is 1. The smallest absolute Gasteiger partial charge is 0.142 e. The van der Waals surface area contributed by atoms with Crippen LogP contribution in [0.25, 0.3) is 21.1 Å². The van der Waals surface area contributed by atoms with E-state index in [1.54, 1.807) is 26.2 Å². The average Bonchev–Trinajstić information content (AvgIpc) is 3.27. The van der Waals surface area contributed by atoms with Crippen molar-refractivity contribution in [2.75, 3.05) is 7.11 Å². The predicted molar refractivity (Wildman–Crippen MR) is 103 cm³/mol. The molecule has 0 saturated heterocycles. The molecule has 130 valence electrons. The van der Waals surface area contributed by atoms with E-state index in [0.717, 1.165) is 26.7 Å². The van der Waals surface area contributed by atoms with Crippen molar-refractivity contribution in [3.63, 3.8) is 0 Å². The Bertz CT molecular complexity index is 1180. The van der Waals surface area contributed by atoms with Crippen LogP contribution >= 0.6 is 11.3 Å². The lowest BCUT2D eigenvalue weighted by Gasteiger charge is -2.25. The van der Waals surface area contributed by atoms with Gasteiger partial charge in [-0.25, -0.2) is 4.98 Å². The van der Waals surface area contributed by atoms with E-state index < -0.39 is 5.60 Å². The summed E-state index contributed by atoms with van der Waals surface area (Å²) in [5, 5.41) is 22.1. The Labute approximate surface area is 154 Å². The SMILES string of the molecule is COc1cc(C)c2[nH]ccc2c1C(C)(O)c1nc2ccc(C#N)cc2s1. The van der Waals surface area contributed by atoms with Crippen LogP contribution in [-0.2, 0) is 5.60 Å². The van der Waals surface area contributed by atoms with Crippen LogP contribution in [0.5, 0.6) is 5.75 Å². The van der Waals surface area contributed by atoms with Gasteiger partial charge in [0.15, 0.2) is 0 Å². The number of rotatable bonds is 3. The maximum atomic E-state index is 11.5. The van der Waals surface area contributed by atoms with E-state index in [1.807, 2.05) is 31.3 Å². The fourth-order valence-corrected chi connectivity index (χ4v) is 4.41. The number of thiazole rings is 1. The van der Waals surface area contributed by atoms with Crippen LogP contribution in [0.2, 0.25) is 0 Å². The molecule has 4 aromatic rings. The molecule has 1 atom stereocenters. The number of nitrogens with zero attached hydrogens (tertiary/aromatic N) is 2. The first-order chi connectivity index (χ1) is 12.5. The number of methoxy groups -OCH3 is 1. The summed E-state index contributed by atoms with van der Waals surface area (Å²) >= 11 is 1.39. The standard InChI is InChI=1S/C20H17N3O2S/c1-11-8-15(25-3)17(13-6-7-22-18(11)13)20(2,24)19-23-14-5-4-12(10-21)9-16(14)26-19/h4-9,22,24H,1-3H3. The van der Waals surface area contributed by atoms with Crippen LogP contribution in [0.4, 0.5) is 0 Å². The number of fused-ring (bicyclic) bond motifs is 2. The monoisotopic (exact) mass is 363 g/mol. The van der Waals surface area contributed by atoms with E-state index in [-0.39, 0.29) is 0 Å². The third-order valence-corrected chi connectivity index (χ3v) is 5.87. The van der Waals surface area contributed by atoms with Crippen molar-refractivity contribution in [1.82, 2.24) is 9.97 Å². The lowest BCUT2D eigenvalue weighted by atomic mass is 9.91. The van der Waals surface area contributed by atoms with Gasteiger partial charge in [0.25, 0.3) is 0 Å². The average molecular weight is 363 g/mol. The fraction of sp³-hybridized carbons (Fsp3) is 0.200. The number of aromatic amines is 1. The molecule has 0 aliphatic rings. The first-order valence-electron chi connectivity index (χ1n) is 8.14. The number of hydrogen-bond donors (Lipinski definition) is 2. The van der Waals surface area contributed by atoms with Gasteiger partial charge in [-0.15, -0.1) is 11.3 Å². The van der Waals surface area contributed by atoms with Gasteiger partial charge in [-0.05, 0) is 49.7 Å². The minimum Gasteiger partial charge on any atom is -0.496 e. The second-order valence-electron chi connectivity index (χ2n) is 6.42. The van der Waals surface area contributed by atoms with E-state index in [0.29, 0.717) is 21.9 Å². The summed E-state index contributed by atoms with van der Waals surface area (Å²) in [6.45, 7) is 3.73. The Morgan fingerprint density at radius 1 is 1.31 bits per heavy atom. The first-order valence-corrected chi connectivity index (χ1v) is 8.96. The number of H-pyrrole nitrogens is 1. The van der Waals surface area contributed by atoms with E-state index in [2.05, 4.69) is 16.0 Å². The van der Waals surface area contributed by atoms with E-state index >= 15 is 0 Å². The number of aliphatic hydroxyl groups is 1. The molecule has 4 rings (SSSR count). The van der Waals surface area contributed by atoms with Crippen molar-refractivity contribution in [3.8, 4) is 11.8 Å². The molecule has 0 saturated carbocycles. The molecule has 2 aromatic carbocycles. The van der Waals surface area contributed by atoms with Crippen LogP contribution in [0.3, 0.4) is 0 Å². The molecule has 26 heavy (non-hydrogen) atoms. The molecule has 0 aliphatic carbocycles. The minimum atomic E-state index is -1.34. The molecule has 0 aliphatic heterocycles. The summed E-state index contributed by atoms with van der Waals surface area (Å²) in [6.07, 6.45) is 1.86. The highest BCUT2D eigenvalue weighted by molar-refractivity contribution is 7.18. The van der Waals surface area contributed by atoms with Crippen LogP contribution < -0.4 is 4.74 Å². The first kappa shape index (κ1) is 16.6. The summed E-state index contributed by atoms with van der Waals surface area (Å²) < 4.78 is 6.45. The zero-order chi connectivity index (χ0) is 18.5. The zero-order valence-corrected chi connectivity index (χ0v) is 15.4. The molecule has 0 fully saturated rings. The number of hydrogen-bond acceptors (Lipinski definition) is 5. The number of ether oxygens (including phenoxy) is 1. The van der Waals surface area contributed by atoms with Crippen LogP contribution in [0.15, 0.2) is 36.5 Å². The van der Waals surface area contributed by atoms with Gasteiger partial charge in [-0.2, -0.15) is 5.26 Å². The van der Waals surface area contributed by atoms with Gasteiger partial charge < -0.3 is 14.8 Å². The second-order valence-corrected chi connectivity index (χ2v) is 7.45. The molecule has 2 N–H and O–H groups in total. The minimum absolute atomic E-state index is 0.562. The maximum Gasteiger partial charge on any atom is 0.142 e. The highest BCUT2D eigenvalue weighted by atomic mass is 32.1. The molecular weight excluding hydrogens is 346 g/mol. The molecule has 2 aromatic heterocycles. The van der Waals surface area contributed by atoms with Crippen molar-refractivity contribution in [1.29, 1.82) is 5.26 Å². The van der Waals surface area contributed by atoms with Gasteiger partial charge >= 0.3 is 0 Å². The Kier molecular flexibility index (Phi) is 3.72. The lowest BCUT2D eigenvalue weighted by Crippen LogP contribution is -2.24.